The van der Waals surface area contributed by atoms with Gasteiger partial charge in [-0.25, -0.2) is 9.37 Å². The molecule has 0 radical (unpaired) electrons. The predicted molar refractivity (Wildman–Crippen MR) is 81.0 cm³/mol. The van der Waals surface area contributed by atoms with Gasteiger partial charge in [0.05, 0.1) is 11.8 Å². The smallest absolute Gasteiger partial charge is 0.257 e. The third-order valence-electron chi connectivity index (χ3n) is 4.19. The fourth-order valence-electron chi connectivity index (χ4n) is 2.78. The first-order valence-corrected chi connectivity index (χ1v) is 7.39. The third-order valence-corrected chi connectivity index (χ3v) is 4.19. The van der Waals surface area contributed by atoms with Crippen molar-refractivity contribution in [2.75, 3.05) is 39.0 Å². The Morgan fingerprint density at radius 1 is 1.52 bits per heavy atom. The van der Waals surface area contributed by atoms with E-state index in [4.69, 9.17) is 0 Å². The van der Waals surface area contributed by atoms with Crippen molar-refractivity contribution in [2.24, 2.45) is 0 Å². The summed E-state index contributed by atoms with van der Waals surface area (Å²) in [6.45, 7) is 5.19. The van der Waals surface area contributed by atoms with E-state index in [1.165, 1.54) is 6.07 Å². The van der Waals surface area contributed by atoms with Crippen LogP contribution in [0.15, 0.2) is 12.3 Å². The maximum Gasteiger partial charge on any atom is 0.257 e. The molecule has 1 aliphatic rings. The number of hydrogen-bond donors (Lipinski definition) is 1. The molecule has 1 aromatic rings. The molecule has 1 amide bonds. The number of aromatic nitrogens is 1. The molecule has 1 N–H and O–H groups in total. The number of pyridine rings is 1. The van der Waals surface area contributed by atoms with Gasteiger partial charge in [0.25, 0.3) is 5.91 Å². The Morgan fingerprint density at radius 2 is 2.19 bits per heavy atom. The Balaban J connectivity index is 2.11. The zero-order valence-electron chi connectivity index (χ0n) is 12.9. The SMILES string of the molecule is CCN1CCC(N(C)C(=O)c2cc(F)cnc2NC)CC1. The monoisotopic (exact) mass is 294 g/mol. The van der Waals surface area contributed by atoms with Crippen molar-refractivity contribution in [3.63, 3.8) is 0 Å². The first-order chi connectivity index (χ1) is 10.1. The van der Waals surface area contributed by atoms with Crippen molar-refractivity contribution < 1.29 is 9.18 Å². The first kappa shape index (κ1) is 15.7. The number of piperidine rings is 1. The summed E-state index contributed by atoms with van der Waals surface area (Å²) in [6, 6.07) is 1.45. The molecule has 6 heteroatoms. The zero-order valence-corrected chi connectivity index (χ0v) is 12.9. The summed E-state index contributed by atoms with van der Waals surface area (Å²) in [7, 11) is 3.47. The van der Waals surface area contributed by atoms with Crippen LogP contribution >= 0.6 is 0 Å². The Labute approximate surface area is 125 Å². The van der Waals surface area contributed by atoms with E-state index in [-0.39, 0.29) is 17.5 Å². The molecule has 0 saturated carbocycles. The molecule has 1 aromatic heterocycles. The van der Waals surface area contributed by atoms with Gasteiger partial charge < -0.3 is 15.1 Å². The van der Waals surface area contributed by atoms with Gasteiger partial charge in [0.2, 0.25) is 0 Å². The van der Waals surface area contributed by atoms with Crippen LogP contribution in [0.4, 0.5) is 10.2 Å². The highest BCUT2D eigenvalue weighted by atomic mass is 19.1. The molecule has 5 nitrogen and oxygen atoms in total. The van der Waals surface area contributed by atoms with Crippen molar-refractivity contribution in [1.82, 2.24) is 14.8 Å². The Kier molecular flexibility index (Phi) is 5.12. The third kappa shape index (κ3) is 3.50. The van der Waals surface area contributed by atoms with E-state index < -0.39 is 5.82 Å². The number of likely N-dealkylation sites (tertiary alicyclic amines) is 1. The van der Waals surface area contributed by atoms with E-state index in [0.29, 0.717) is 5.82 Å². The minimum atomic E-state index is -0.494. The van der Waals surface area contributed by atoms with Crippen molar-refractivity contribution >= 4 is 11.7 Å². The maximum atomic E-state index is 13.4. The Bertz CT molecular complexity index is 500. The summed E-state index contributed by atoms with van der Waals surface area (Å²) < 4.78 is 13.4. The second kappa shape index (κ2) is 6.85. The number of rotatable bonds is 4. The molecule has 1 aliphatic heterocycles. The summed E-state index contributed by atoms with van der Waals surface area (Å²) in [5.74, 6) is -0.257. The van der Waals surface area contributed by atoms with Gasteiger partial charge in [-0.15, -0.1) is 0 Å². The molecule has 2 heterocycles. The quantitative estimate of drug-likeness (QED) is 0.920. The summed E-state index contributed by atoms with van der Waals surface area (Å²) >= 11 is 0. The molecule has 1 saturated heterocycles. The summed E-state index contributed by atoms with van der Waals surface area (Å²) in [5.41, 5.74) is 0.290. The van der Waals surface area contributed by atoms with Gasteiger partial charge >= 0.3 is 0 Å². The van der Waals surface area contributed by atoms with Gasteiger partial charge in [-0.2, -0.15) is 0 Å². The standard InChI is InChI=1S/C15H23FN4O/c1-4-20-7-5-12(6-8-20)19(3)15(21)13-9-11(16)10-18-14(13)17-2/h9-10,12H,4-8H2,1-3H3,(H,17,18). The predicted octanol–water partition coefficient (Wildman–Crippen LogP) is 1.82. The summed E-state index contributed by atoms with van der Waals surface area (Å²) in [6.07, 6.45) is 3.02. The van der Waals surface area contributed by atoms with E-state index in [0.717, 1.165) is 38.7 Å². The van der Waals surface area contributed by atoms with Crippen LogP contribution in [0.2, 0.25) is 0 Å². The molecule has 1 fully saturated rings. The minimum absolute atomic E-state index is 0.179. The number of halogens is 1. The van der Waals surface area contributed by atoms with Crippen LogP contribution in [0, 0.1) is 5.82 Å². The molecule has 2 rings (SSSR count). The van der Waals surface area contributed by atoms with Gasteiger partial charge in [-0.1, -0.05) is 6.92 Å². The number of hydrogen-bond acceptors (Lipinski definition) is 4. The molecule has 21 heavy (non-hydrogen) atoms. The van der Waals surface area contributed by atoms with E-state index in [2.05, 4.69) is 22.1 Å². The fourth-order valence-corrected chi connectivity index (χ4v) is 2.78. The van der Waals surface area contributed by atoms with E-state index in [1.54, 1.807) is 19.0 Å². The van der Waals surface area contributed by atoms with E-state index in [9.17, 15) is 9.18 Å². The zero-order chi connectivity index (χ0) is 15.4. The molecule has 0 atom stereocenters. The number of nitrogens with one attached hydrogen (secondary N) is 1. The largest absolute Gasteiger partial charge is 0.372 e. The lowest BCUT2D eigenvalue weighted by Gasteiger charge is -2.36. The topological polar surface area (TPSA) is 48.5 Å². The number of anilines is 1. The lowest BCUT2D eigenvalue weighted by atomic mass is 10.0. The van der Waals surface area contributed by atoms with Crippen LogP contribution in [-0.4, -0.2) is 60.5 Å². The normalized spacial score (nSPS) is 16.8. The minimum Gasteiger partial charge on any atom is -0.372 e. The van der Waals surface area contributed by atoms with Gasteiger partial charge in [-0.05, 0) is 25.5 Å². The van der Waals surface area contributed by atoms with Gasteiger partial charge in [0, 0.05) is 33.2 Å². The van der Waals surface area contributed by atoms with Gasteiger partial charge in [0.1, 0.15) is 11.6 Å². The lowest BCUT2D eigenvalue weighted by Crippen LogP contribution is -2.45. The average molecular weight is 294 g/mol. The Hall–Kier alpha value is -1.69. The number of carbonyl (C=O) groups excluding carboxylic acids is 1. The van der Waals surface area contributed by atoms with E-state index in [1.807, 2.05) is 0 Å². The molecule has 0 unspecified atom stereocenters. The second-order valence-electron chi connectivity index (χ2n) is 5.38. The number of carbonyl (C=O) groups is 1. The summed E-state index contributed by atoms with van der Waals surface area (Å²) in [5, 5.41) is 2.84. The van der Waals surface area contributed by atoms with Gasteiger partial charge in [0.15, 0.2) is 0 Å². The van der Waals surface area contributed by atoms with Crippen molar-refractivity contribution in [2.45, 2.75) is 25.8 Å². The molecule has 0 aliphatic carbocycles. The molecule has 0 bridgehead atoms. The van der Waals surface area contributed by atoms with Crippen molar-refractivity contribution in [3.8, 4) is 0 Å². The van der Waals surface area contributed by atoms with Crippen LogP contribution in [0.5, 0.6) is 0 Å². The molecular formula is C15H23FN4O. The second-order valence-corrected chi connectivity index (χ2v) is 5.38. The van der Waals surface area contributed by atoms with Crippen LogP contribution in [0.25, 0.3) is 0 Å². The highest BCUT2D eigenvalue weighted by Crippen LogP contribution is 2.20. The lowest BCUT2D eigenvalue weighted by molar-refractivity contribution is 0.0647. The number of nitrogens with zero attached hydrogens (tertiary/aromatic N) is 3. The summed E-state index contributed by atoms with van der Waals surface area (Å²) in [4.78, 5) is 20.6. The van der Waals surface area contributed by atoms with E-state index >= 15 is 0 Å². The van der Waals surface area contributed by atoms with Crippen molar-refractivity contribution in [1.29, 1.82) is 0 Å². The Morgan fingerprint density at radius 3 is 2.76 bits per heavy atom. The van der Waals surface area contributed by atoms with Crippen LogP contribution in [0.3, 0.4) is 0 Å². The van der Waals surface area contributed by atoms with Crippen molar-refractivity contribution in [3.05, 3.63) is 23.6 Å². The highest BCUT2D eigenvalue weighted by molar-refractivity contribution is 5.98. The first-order valence-electron chi connectivity index (χ1n) is 7.39. The highest BCUT2D eigenvalue weighted by Gasteiger charge is 2.27. The van der Waals surface area contributed by atoms with Gasteiger partial charge in [-0.3, -0.25) is 4.79 Å². The van der Waals surface area contributed by atoms with Crippen LogP contribution in [0.1, 0.15) is 30.1 Å². The molecule has 116 valence electrons. The van der Waals surface area contributed by atoms with Crippen LogP contribution < -0.4 is 5.32 Å². The molecular weight excluding hydrogens is 271 g/mol. The molecule has 0 spiro atoms. The fraction of sp³-hybridized carbons (Fsp3) is 0.600. The van der Waals surface area contributed by atoms with Crippen LogP contribution in [-0.2, 0) is 0 Å². The maximum absolute atomic E-state index is 13.4. The average Bonchev–Trinajstić information content (AvgIpc) is 2.53. The number of amides is 1. The molecule has 0 aromatic carbocycles.